The monoisotopic (exact) mass is 545 g/mol. The van der Waals surface area contributed by atoms with E-state index in [1.807, 2.05) is 0 Å². The second-order valence-electron chi connectivity index (χ2n) is 11.4. The third kappa shape index (κ3) is 3.79. The topological polar surface area (TPSA) is 4.93 Å². The van der Waals surface area contributed by atoms with Gasteiger partial charge >= 0.3 is 0 Å². The zero-order valence-electron chi connectivity index (χ0n) is 23.5. The predicted molar refractivity (Wildman–Crippen MR) is 184 cm³/mol. The molecule has 0 saturated carbocycles. The van der Waals surface area contributed by atoms with Gasteiger partial charge in [0, 0.05) is 16.5 Å². The Bertz CT molecular complexity index is 2490. The molecule has 8 aromatic carbocycles. The van der Waals surface area contributed by atoms with Crippen molar-refractivity contribution in [3.8, 4) is 27.9 Å². The molecule has 0 radical (unpaired) electrons. The molecular formula is C42H27N. The van der Waals surface area contributed by atoms with Gasteiger partial charge in [0.15, 0.2) is 0 Å². The fraction of sp³-hybridized carbons (Fsp3) is 0. The summed E-state index contributed by atoms with van der Waals surface area (Å²) >= 11 is 0. The minimum atomic E-state index is 1.18. The van der Waals surface area contributed by atoms with E-state index in [0.717, 1.165) is 0 Å². The lowest BCUT2D eigenvalue weighted by Gasteiger charge is -2.11. The lowest BCUT2D eigenvalue weighted by Crippen LogP contribution is -1.92. The zero-order chi connectivity index (χ0) is 28.3. The Labute approximate surface area is 249 Å². The molecule has 0 amide bonds. The maximum atomic E-state index is 2.39. The van der Waals surface area contributed by atoms with Crippen LogP contribution >= 0.6 is 0 Å². The summed E-state index contributed by atoms with van der Waals surface area (Å²) in [5.74, 6) is 0. The van der Waals surface area contributed by atoms with Gasteiger partial charge in [-0.15, -0.1) is 0 Å². The molecule has 0 aliphatic rings. The van der Waals surface area contributed by atoms with Crippen LogP contribution < -0.4 is 0 Å². The number of nitrogens with zero attached hydrogens (tertiary/aromatic N) is 1. The van der Waals surface area contributed by atoms with Crippen molar-refractivity contribution >= 4 is 54.1 Å². The first-order chi connectivity index (χ1) is 21.3. The van der Waals surface area contributed by atoms with Gasteiger partial charge in [-0.2, -0.15) is 0 Å². The molecule has 0 unspecified atom stereocenters. The summed E-state index contributed by atoms with van der Waals surface area (Å²) in [5.41, 5.74) is 8.64. The molecule has 9 aromatic rings. The lowest BCUT2D eigenvalue weighted by atomic mass is 9.94. The molecule has 0 fully saturated rings. The van der Waals surface area contributed by atoms with Crippen molar-refractivity contribution in [3.63, 3.8) is 0 Å². The van der Waals surface area contributed by atoms with Crippen LogP contribution in [0.5, 0.6) is 0 Å². The molecule has 0 bridgehead atoms. The second-order valence-corrected chi connectivity index (χ2v) is 11.4. The number of rotatable bonds is 3. The minimum absolute atomic E-state index is 1.18. The predicted octanol–water partition coefficient (Wildman–Crippen LogP) is 11.6. The molecule has 43 heavy (non-hydrogen) atoms. The number of benzene rings is 8. The van der Waals surface area contributed by atoms with E-state index in [1.165, 1.54) is 82.1 Å². The number of hydrogen-bond acceptors (Lipinski definition) is 0. The first-order valence-electron chi connectivity index (χ1n) is 14.9. The first-order valence-corrected chi connectivity index (χ1v) is 14.9. The average Bonchev–Trinajstić information content (AvgIpc) is 3.42. The molecule has 200 valence electrons. The number of fused-ring (bicyclic) bond motifs is 7. The first kappa shape index (κ1) is 24.0. The van der Waals surface area contributed by atoms with Crippen LogP contribution in [-0.2, 0) is 0 Å². The van der Waals surface area contributed by atoms with Crippen molar-refractivity contribution in [1.29, 1.82) is 0 Å². The molecule has 0 saturated heterocycles. The van der Waals surface area contributed by atoms with Gasteiger partial charge in [0.25, 0.3) is 0 Å². The van der Waals surface area contributed by atoms with Crippen LogP contribution in [0, 0.1) is 0 Å². The maximum absolute atomic E-state index is 2.39. The van der Waals surface area contributed by atoms with Crippen LogP contribution in [0.25, 0.3) is 82.1 Å². The summed E-state index contributed by atoms with van der Waals surface area (Å²) in [6, 6.07) is 59.8. The molecule has 0 aliphatic carbocycles. The molecule has 9 rings (SSSR count). The fourth-order valence-corrected chi connectivity index (χ4v) is 6.89. The van der Waals surface area contributed by atoms with Crippen LogP contribution in [0.1, 0.15) is 0 Å². The van der Waals surface area contributed by atoms with E-state index < -0.39 is 0 Å². The quantitative estimate of drug-likeness (QED) is 0.208. The maximum Gasteiger partial charge on any atom is 0.0547 e. The van der Waals surface area contributed by atoms with E-state index in [-0.39, 0.29) is 0 Å². The van der Waals surface area contributed by atoms with Crippen molar-refractivity contribution in [1.82, 2.24) is 4.57 Å². The van der Waals surface area contributed by atoms with E-state index >= 15 is 0 Å². The van der Waals surface area contributed by atoms with Crippen LogP contribution in [0.2, 0.25) is 0 Å². The average molecular weight is 546 g/mol. The van der Waals surface area contributed by atoms with E-state index in [2.05, 4.69) is 168 Å². The van der Waals surface area contributed by atoms with Gasteiger partial charge in [-0.25, -0.2) is 0 Å². The smallest absolute Gasteiger partial charge is 0.0547 e. The van der Waals surface area contributed by atoms with Crippen LogP contribution in [0.4, 0.5) is 0 Å². The van der Waals surface area contributed by atoms with Gasteiger partial charge in [0.05, 0.1) is 11.0 Å². The molecule has 1 nitrogen and oxygen atoms in total. The Hall–Kier alpha value is -5.66. The highest BCUT2D eigenvalue weighted by Crippen LogP contribution is 2.39. The van der Waals surface area contributed by atoms with Crippen LogP contribution in [-0.4, -0.2) is 4.57 Å². The molecule has 0 spiro atoms. The van der Waals surface area contributed by atoms with Gasteiger partial charge in [0.2, 0.25) is 0 Å². The molecule has 1 heterocycles. The highest BCUT2D eigenvalue weighted by molar-refractivity contribution is 6.21. The van der Waals surface area contributed by atoms with Crippen molar-refractivity contribution in [3.05, 3.63) is 164 Å². The molecule has 0 N–H and O–H groups in total. The highest BCUT2D eigenvalue weighted by atomic mass is 15.0. The second kappa shape index (κ2) is 9.44. The standard InChI is InChI=1S/C42H27N/c1-2-11-35(12-3-1)43-40-16-7-6-14-38(40)42-39-27-33(18-17-29(39)23-24-41(42)43)31-19-20-32-26-34(22-21-30(32)25-31)37-15-8-10-28-9-4-5-13-36(28)37/h1-27H. The van der Waals surface area contributed by atoms with Gasteiger partial charge in [-0.05, 0) is 97.0 Å². The van der Waals surface area contributed by atoms with E-state index in [9.17, 15) is 0 Å². The summed E-state index contributed by atoms with van der Waals surface area (Å²) in [4.78, 5) is 0. The summed E-state index contributed by atoms with van der Waals surface area (Å²) in [6.45, 7) is 0. The molecule has 1 aromatic heterocycles. The molecule has 1 heteroatoms. The number of aromatic nitrogens is 1. The normalized spacial score (nSPS) is 11.7. The van der Waals surface area contributed by atoms with Crippen LogP contribution in [0.3, 0.4) is 0 Å². The minimum Gasteiger partial charge on any atom is -0.309 e. The lowest BCUT2D eigenvalue weighted by molar-refractivity contribution is 1.18. The largest absolute Gasteiger partial charge is 0.309 e. The molecule has 0 atom stereocenters. The Morgan fingerprint density at radius 2 is 0.930 bits per heavy atom. The number of para-hydroxylation sites is 2. The van der Waals surface area contributed by atoms with Gasteiger partial charge in [0.1, 0.15) is 0 Å². The Morgan fingerprint density at radius 1 is 0.326 bits per heavy atom. The highest BCUT2D eigenvalue weighted by Gasteiger charge is 2.15. The van der Waals surface area contributed by atoms with Gasteiger partial charge < -0.3 is 4.57 Å². The van der Waals surface area contributed by atoms with Gasteiger partial charge in [-0.1, -0.05) is 121 Å². The molecular weight excluding hydrogens is 518 g/mol. The van der Waals surface area contributed by atoms with E-state index in [1.54, 1.807) is 0 Å². The third-order valence-corrected chi connectivity index (χ3v) is 8.94. The fourth-order valence-electron chi connectivity index (χ4n) is 6.89. The Balaban J connectivity index is 1.20. The van der Waals surface area contributed by atoms with Crippen molar-refractivity contribution in [2.24, 2.45) is 0 Å². The van der Waals surface area contributed by atoms with E-state index in [0.29, 0.717) is 0 Å². The number of hydrogen-bond donors (Lipinski definition) is 0. The van der Waals surface area contributed by atoms with Crippen molar-refractivity contribution < 1.29 is 0 Å². The zero-order valence-corrected chi connectivity index (χ0v) is 23.5. The van der Waals surface area contributed by atoms with Crippen molar-refractivity contribution in [2.45, 2.75) is 0 Å². The van der Waals surface area contributed by atoms with Crippen molar-refractivity contribution in [2.75, 3.05) is 0 Å². The van der Waals surface area contributed by atoms with E-state index in [4.69, 9.17) is 0 Å². The summed E-state index contributed by atoms with van der Waals surface area (Å²) in [7, 11) is 0. The van der Waals surface area contributed by atoms with Gasteiger partial charge in [-0.3, -0.25) is 0 Å². The third-order valence-electron chi connectivity index (χ3n) is 8.94. The van der Waals surface area contributed by atoms with Crippen LogP contribution in [0.15, 0.2) is 164 Å². The summed E-state index contributed by atoms with van der Waals surface area (Å²) in [5, 5.41) is 10.2. The Kier molecular flexibility index (Phi) is 5.27. The SMILES string of the molecule is c1ccc(-n2c3ccccc3c3c4cc(-c5ccc6cc(-c7cccc8ccccc78)ccc6c5)ccc4ccc32)cc1. The Morgan fingerprint density at radius 3 is 1.79 bits per heavy atom. The molecule has 0 aliphatic heterocycles. The summed E-state index contributed by atoms with van der Waals surface area (Å²) < 4.78 is 2.39. The summed E-state index contributed by atoms with van der Waals surface area (Å²) in [6.07, 6.45) is 0.